The summed E-state index contributed by atoms with van der Waals surface area (Å²) in [4.78, 5) is 11.7. The summed E-state index contributed by atoms with van der Waals surface area (Å²) in [6, 6.07) is 7.04. The van der Waals surface area contributed by atoms with Crippen LogP contribution in [0.2, 0.25) is 0 Å². The molecule has 0 aromatic heterocycles. The summed E-state index contributed by atoms with van der Waals surface area (Å²) in [7, 11) is 0. The first-order valence-electron chi connectivity index (χ1n) is 5.98. The standard InChI is InChI=1S/C14H18ClNO2/c1-3-4-9-18-13-7-5-12(6-8-13)14(17)16-10-11(2)15/h5-8H,2-4,9-10H2,1H3,(H,16,17). The number of carbonyl (C=O) groups is 1. The number of ether oxygens (including phenoxy) is 1. The van der Waals surface area contributed by atoms with Gasteiger partial charge in [-0.1, -0.05) is 31.5 Å². The highest BCUT2D eigenvalue weighted by Crippen LogP contribution is 2.12. The molecule has 0 fully saturated rings. The zero-order chi connectivity index (χ0) is 13.4. The van der Waals surface area contributed by atoms with Crippen molar-refractivity contribution in [3.63, 3.8) is 0 Å². The minimum absolute atomic E-state index is 0.170. The molecule has 98 valence electrons. The molecule has 0 saturated carbocycles. The third-order valence-corrected chi connectivity index (χ3v) is 2.46. The third-order valence-electron chi connectivity index (χ3n) is 2.32. The fraction of sp³-hybridized carbons (Fsp3) is 0.357. The number of benzene rings is 1. The predicted molar refractivity (Wildman–Crippen MR) is 74.2 cm³/mol. The number of unbranched alkanes of at least 4 members (excludes halogenated alkanes) is 1. The summed E-state index contributed by atoms with van der Waals surface area (Å²) in [6.07, 6.45) is 2.13. The lowest BCUT2D eigenvalue weighted by atomic mass is 10.2. The lowest BCUT2D eigenvalue weighted by Gasteiger charge is -2.07. The number of nitrogens with one attached hydrogen (secondary N) is 1. The van der Waals surface area contributed by atoms with Gasteiger partial charge in [-0.2, -0.15) is 0 Å². The van der Waals surface area contributed by atoms with Crippen molar-refractivity contribution in [1.82, 2.24) is 5.32 Å². The van der Waals surface area contributed by atoms with Crippen LogP contribution in [0.15, 0.2) is 35.9 Å². The van der Waals surface area contributed by atoms with Crippen molar-refractivity contribution in [3.8, 4) is 5.75 Å². The van der Waals surface area contributed by atoms with Crippen molar-refractivity contribution < 1.29 is 9.53 Å². The number of amides is 1. The zero-order valence-electron chi connectivity index (χ0n) is 10.5. The Balaban J connectivity index is 2.48. The highest BCUT2D eigenvalue weighted by atomic mass is 35.5. The first-order chi connectivity index (χ1) is 8.63. The molecule has 1 aromatic rings. The molecule has 0 saturated heterocycles. The van der Waals surface area contributed by atoms with Crippen molar-refractivity contribution in [2.24, 2.45) is 0 Å². The predicted octanol–water partition coefficient (Wildman–Crippen LogP) is 3.35. The fourth-order valence-electron chi connectivity index (χ4n) is 1.32. The minimum Gasteiger partial charge on any atom is -0.494 e. The monoisotopic (exact) mass is 267 g/mol. The van der Waals surface area contributed by atoms with Gasteiger partial charge in [0.25, 0.3) is 5.91 Å². The largest absolute Gasteiger partial charge is 0.494 e. The molecule has 0 radical (unpaired) electrons. The maximum absolute atomic E-state index is 11.7. The van der Waals surface area contributed by atoms with Gasteiger partial charge in [-0.3, -0.25) is 4.79 Å². The molecule has 0 heterocycles. The van der Waals surface area contributed by atoms with Gasteiger partial charge in [0.1, 0.15) is 5.75 Å². The summed E-state index contributed by atoms with van der Waals surface area (Å²) in [5.74, 6) is 0.610. The van der Waals surface area contributed by atoms with Crippen LogP contribution in [-0.4, -0.2) is 19.1 Å². The molecule has 1 N–H and O–H groups in total. The highest BCUT2D eigenvalue weighted by Gasteiger charge is 2.05. The minimum atomic E-state index is -0.170. The van der Waals surface area contributed by atoms with Gasteiger partial charge in [-0.15, -0.1) is 0 Å². The molecule has 18 heavy (non-hydrogen) atoms. The summed E-state index contributed by atoms with van der Waals surface area (Å²) >= 11 is 5.58. The molecule has 0 unspecified atom stereocenters. The third kappa shape index (κ3) is 5.23. The van der Waals surface area contributed by atoms with Crippen LogP contribution < -0.4 is 10.1 Å². The van der Waals surface area contributed by atoms with Crippen LogP contribution >= 0.6 is 11.6 Å². The molecule has 0 bridgehead atoms. The molecular weight excluding hydrogens is 250 g/mol. The van der Waals surface area contributed by atoms with Gasteiger partial charge in [-0.05, 0) is 30.7 Å². The molecule has 0 aliphatic rings. The van der Waals surface area contributed by atoms with Crippen molar-refractivity contribution in [3.05, 3.63) is 41.4 Å². The second-order valence-corrected chi connectivity index (χ2v) is 4.46. The van der Waals surface area contributed by atoms with E-state index in [2.05, 4.69) is 18.8 Å². The first kappa shape index (κ1) is 14.6. The maximum atomic E-state index is 11.7. The molecule has 0 aliphatic heterocycles. The second kappa shape index (κ2) is 7.77. The zero-order valence-corrected chi connectivity index (χ0v) is 11.3. The van der Waals surface area contributed by atoms with Crippen molar-refractivity contribution in [2.75, 3.05) is 13.2 Å². The molecule has 3 nitrogen and oxygen atoms in total. The van der Waals surface area contributed by atoms with Crippen LogP contribution in [0.4, 0.5) is 0 Å². The Kier molecular flexibility index (Phi) is 6.29. The van der Waals surface area contributed by atoms with Crippen LogP contribution in [0, 0.1) is 0 Å². The van der Waals surface area contributed by atoms with Gasteiger partial charge in [0.05, 0.1) is 13.2 Å². The van der Waals surface area contributed by atoms with Gasteiger partial charge in [-0.25, -0.2) is 0 Å². The Morgan fingerprint density at radius 3 is 2.61 bits per heavy atom. The number of hydrogen-bond donors (Lipinski definition) is 1. The number of halogens is 1. The van der Waals surface area contributed by atoms with Crippen LogP contribution in [0.5, 0.6) is 5.75 Å². The number of rotatable bonds is 7. The van der Waals surface area contributed by atoms with Crippen LogP contribution in [-0.2, 0) is 0 Å². The number of carbonyl (C=O) groups excluding carboxylic acids is 1. The van der Waals surface area contributed by atoms with E-state index in [1.165, 1.54) is 0 Å². The molecule has 0 aliphatic carbocycles. The van der Waals surface area contributed by atoms with Crippen molar-refractivity contribution in [2.45, 2.75) is 19.8 Å². The fourth-order valence-corrected chi connectivity index (χ4v) is 1.38. The van der Waals surface area contributed by atoms with E-state index in [9.17, 15) is 4.79 Å². The van der Waals surface area contributed by atoms with E-state index >= 15 is 0 Å². The molecule has 0 spiro atoms. The van der Waals surface area contributed by atoms with Gasteiger partial charge < -0.3 is 10.1 Å². The van der Waals surface area contributed by atoms with Gasteiger partial charge in [0, 0.05) is 10.6 Å². The maximum Gasteiger partial charge on any atom is 0.251 e. The Hall–Kier alpha value is -1.48. The molecule has 0 atom stereocenters. The summed E-state index contributed by atoms with van der Waals surface area (Å²) < 4.78 is 5.51. The quantitative estimate of drug-likeness (QED) is 0.770. The SMILES string of the molecule is C=C(Cl)CNC(=O)c1ccc(OCCCC)cc1. The van der Waals surface area contributed by atoms with E-state index in [0.29, 0.717) is 17.2 Å². The van der Waals surface area contributed by atoms with Gasteiger partial charge >= 0.3 is 0 Å². The topological polar surface area (TPSA) is 38.3 Å². The lowest BCUT2D eigenvalue weighted by Crippen LogP contribution is -2.24. The summed E-state index contributed by atoms with van der Waals surface area (Å²) in [6.45, 7) is 6.60. The highest BCUT2D eigenvalue weighted by molar-refractivity contribution is 6.29. The Bertz CT molecular complexity index is 401. The van der Waals surface area contributed by atoms with Crippen LogP contribution in [0.25, 0.3) is 0 Å². The summed E-state index contributed by atoms with van der Waals surface area (Å²) in [5, 5.41) is 3.06. The second-order valence-electron chi connectivity index (χ2n) is 3.93. The van der Waals surface area contributed by atoms with Crippen LogP contribution in [0.3, 0.4) is 0 Å². The average molecular weight is 268 g/mol. The van der Waals surface area contributed by atoms with Gasteiger partial charge in [0.2, 0.25) is 0 Å². The van der Waals surface area contributed by atoms with E-state index in [-0.39, 0.29) is 12.5 Å². The van der Waals surface area contributed by atoms with Gasteiger partial charge in [0.15, 0.2) is 0 Å². The van der Waals surface area contributed by atoms with Crippen molar-refractivity contribution >= 4 is 17.5 Å². The van der Waals surface area contributed by atoms with E-state index < -0.39 is 0 Å². The van der Waals surface area contributed by atoms with Crippen molar-refractivity contribution in [1.29, 1.82) is 0 Å². The average Bonchev–Trinajstić information content (AvgIpc) is 2.37. The smallest absolute Gasteiger partial charge is 0.251 e. The Morgan fingerprint density at radius 1 is 1.39 bits per heavy atom. The van der Waals surface area contributed by atoms with Crippen LogP contribution in [0.1, 0.15) is 30.1 Å². The summed E-state index contributed by atoms with van der Waals surface area (Å²) in [5.41, 5.74) is 0.579. The molecule has 1 rings (SSSR count). The normalized spacial score (nSPS) is 9.89. The van der Waals surface area contributed by atoms with E-state index in [4.69, 9.17) is 16.3 Å². The van der Waals surface area contributed by atoms with E-state index in [1.54, 1.807) is 24.3 Å². The molecule has 1 aromatic carbocycles. The van der Waals surface area contributed by atoms with E-state index in [1.807, 2.05) is 0 Å². The lowest BCUT2D eigenvalue weighted by molar-refractivity contribution is 0.0957. The molecule has 4 heteroatoms. The first-order valence-corrected chi connectivity index (χ1v) is 6.35. The number of hydrogen-bond acceptors (Lipinski definition) is 2. The van der Waals surface area contributed by atoms with E-state index in [0.717, 1.165) is 18.6 Å². The molecular formula is C14H18ClNO2. The Labute approximate surface area is 113 Å². The Morgan fingerprint density at radius 2 is 2.06 bits per heavy atom. The molecule has 1 amide bonds.